The summed E-state index contributed by atoms with van der Waals surface area (Å²) >= 11 is 0. The number of nitrogens with one attached hydrogen (secondary N) is 1. The van der Waals surface area contributed by atoms with Gasteiger partial charge in [-0.3, -0.25) is 9.69 Å². The largest absolute Gasteiger partial charge is 0.328 e. The van der Waals surface area contributed by atoms with E-state index in [2.05, 4.69) is 16.3 Å². The van der Waals surface area contributed by atoms with Crippen molar-refractivity contribution in [3.63, 3.8) is 0 Å². The number of nitrogens with zero attached hydrogens (tertiary/aromatic N) is 2. The number of hydrogen-bond donors (Lipinski definition) is 2. The van der Waals surface area contributed by atoms with Crippen LogP contribution in [0.4, 0.5) is 5.69 Å². The summed E-state index contributed by atoms with van der Waals surface area (Å²) in [7, 11) is 0. The summed E-state index contributed by atoms with van der Waals surface area (Å²) in [5.74, 6) is 0.487. The van der Waals surface area contributed by atoms with Crippen molar-refractivity contribution in [2.24, 2.45) is 11.7 Å². The summed E-state index contributed by atoms with van der Waals surface area (Å²) in [6.45, 7) is 4.22. The molecular weight excluding hydrogens is 264 g/mol. The van der Waals surface area contributed by atoms with Crippen LogP contribution in [0.15, 0.2) is 24.3 Å². The first kappa shape index (κ1) is 15.5. The highest BCUT2D eigenvalue weighted by Gasteiger charge is 2.23. The average Bonchev–Trinajstić information content (AvgIpc) is 2.48. The van der Waals surface area contributed by atoms with Crippen molar-refractivity contribution >= 4 is 11.6 Å². The number of carbonyl (C=O) groups is 1. The Morgan fingerprint density at radius 2 is 2.14 bits per heavy atom. The van der Waals surface area contributed by atoms with E-state index in [0.29, 0.717) is 23.7 Å². The molecule has 1 atom stereocenters. The molecule has 0 bridgehead atoms. The number of benzene rings is 1. The van der Waals surface area contributed by atoms with E-state index in [1.807, 2.05) is 13.0 Å². The molecule has 2 rings (SSSR count). The van der Waals surface area contributed by atoms with Gasteiger partial charge < -0.3 is 11.1 Å². The van der Waals surface area contributed by atoms with Crippen LogP contribution in [0.5, 0.6) is 0 Å². The van der Waals surface area contributed by atoms with Gasteiger partial charge in [0.1, 0.15) is 6.07 Å². The van der Waals surface area contributed by atoms with Crippen molar-refractivity contribution in [3.8, 4) is 6.07 Å². The average molecular weight is 286 g/mol. The fourth-order valence-electron chi connectivity index (χ4n) is 2.72. The van der Waals surface area contributed by atoms with Crippen molar-refractivity contribution in [1.82, 2.24) is 4.90 Å². The molecule has 0 saturated carbocycles. The van der Waals surface area contributed by atoms with E-state index in [1.54, 1.807) is 18.2 Å². The third-order valence-corrected chi connectivity index (χ3v) is 4.06. The molecule has 1 aliphatic heterocycles. The summed E-state index contributed by atoms with van der Waals surface area (Å²) in [6, 6.07) is 9.35. The topological polar surface area (TPSA) is 82.2 Å². The van der Waals surface area contributed by atoms with Crippen LogP contribution in [0.3, 0.4) is 0 Å². The van der Waals surface area contributed by atoms with Crippen molar-refractivity contribution in [3.05, 3.63) is 29.8 Å². The highest BCUT2D eigenvalue weighted by Crippen LogP contribution is 2.19. The first-order chi connectivity index (χ1) is 10.1. The molecule has 0 aromatic heterocycles. The molecule has 0 aliphatic carbocycles. The fourth-order valence-corrected chi connectivity index (χ4v) is 2.72. The molecule has 0 spiro atoms. The van der Waals surface area contributed by atoms with Gasteiger partial charge in [0.2, 0.25) is 5.91 Å². The van der Waals surface area contributed by atoms with Gasteiger partial charge in [0.25, 0.3) is 0 Å². The van der Waals surface area contributed by atoms with Gasteiger partial charge in [-0.2, -0.15) is 5.26 Å². The smallest absolute Gasteiger partial charge is 0.238 e. The maximum atomic E-state index is 12.1. The van der Waals surface area contributed by atoms with Crippen LogP contribution in [-0.4, -0.2) is 36.5 Å². The second kappa shape index (κ2) is 7.21. The van der Waals surface area contributed by atoms with Crippen LogP contribution in [0.1, 0.15) is 25.3 Å². The van der Waals surface area contributed by atoms with Crippen molar-refractivity contribution in [2.75, 3.05) is 25.0 Å². The molecule has 21 heavy (non-hydrogen) atoms. The Bertz CT molecular complexity index is 527. The molecule has 112 valence electrons. The summed E-state index contributed by atoms with van der Waals surface area (Å²) in [6.07, 6.45) is 2.08. The zero-order chi connectivity index (χ0) is 15.2. The van der Waals surface area contributed by atoms with Crippen LogP contribution in [0, 0.1) is 17.2 Å². The summed E-state index contributed by atoms with van der Waals surface area (Å²) < 4.78 is 0. The van der Waals surface area contributed by atoms with Gasteiger partial charge in [-0.1, -0.05) is 12.1 Å². The molecule has 1 aromatic carbocycles. The van der Waals surface area contributed by atoms with E-state index in [4.69, 9.17) is 11.0 Å². The number of nitriles is 1. The Kier molecular flexibility index (Phi) is 5.32. The molecule has 1 amide bonds. The Hall–Kier alpha value is -1.90. The lowest BCUT2D eigenvalue weighted by Crippen LogP contribution is -2.42. The molecule has 1 heterocycles. The maximum Gasteiger partial charge on any atom is 0.238 e. The number of nitrogens with two attached hydrogens (primary N) is 1. The minimum Gasteiger partial charge on any atom is -0.328 e. The number of amides is 1. The molecule has 5 heteroatoms. The lowest BCUT2D eigenvalue weighted by molar-refractivity contribution is -0.117. The van der Waals surface area contributed by atoms with Gasteiger partial charge in [0.05, 0.1) is 17.8 Å². The van der Waals surface area contributed by atoms with E-state index < -0.39 is 0 Å². The fraction of sp³-hybridized carbons (Fsp3) is 0.500. The minimum atomic E-state index is -0.0723. The number of hydrogen-bond acceptors (Lipinski definition) is 4. The second-order valence-electron chi connectivity index (χ2n) is 5.68. The molecule has 5 nitrogen and oxygen atoms in total. The van der Waals surface area contributed by atoms with E-state index in [-0.39, 0.29) is 11.9 Å². The van der Waals surface area contributed by atoms with Crippen LogP contribution in [-0.2, 0) is 4.79 Å². The Morgan fingerprint density at radius 1 is 1.48 bits per heavy atom. The number of anilines is 1. The third kappa shape index (κ3) is 4.28. The van der Waals surface area contributed by atoms with Gasteiger partial charge in [0.15, 0.2) is 0 Å². The quantitative estimate of drug-likeness (QED) is 0.880. The van der Waals surface area contributed by atoms with Crippen LogP contribution >= 0.6 is 0 Å². The summed E-state index contributed by atoms with van der Waals surface area (Å²) in [5, 5.41) is 11.8. The zero-order valence-electron chi connectivity index (χ0n) is 12.4. The van der Waals surface area contributed by atoms with E-state index in [9.17, 15) is 4.79 Å². The second-order valence-corrected chi connectivity index (χ2v) is 5.68. The van der Waals surface area contributed by atoms with Crippen LogP contribution in [0.2, 0.25) is 0 Å². The Labute approximate surface area is 125 Å². The van der Waals surface area contributed by atoms with E-state index in [0.717, 1.165) is 25.9 Å². The normalized spacial score (nSPS) is 18.0. The lowest BCUT2D eigenvalue weighted by atomic mass is 9.91. The molecular formula is C16H22N4O. The molecule has 0 radical (unpaired) electrons. The first-order valence-corrected chi connectivity index (χ1v) is 7.37. The Balaban J connectivity index is 1.85. The van der Waals surface area contributed by atoms with Crippen LogP contribution < -0.4 is 11.1 Å². The molecule has 1 aliphatic rings. The number of para-hydroxylation sites is 1. The predicted octanol–water partition coefficient (Wildman–Crippen LogP) is 1.56. The van der Waals surface area contributed by atoms with Crippen molar-refractivity contribution in [1.29, 1.82) is 5.26 Å². The van der Waals surface area contributed by atoms with Crippen molar-refractivity contribution in [2.45, 2.75) is 25.8 Å². The SMILES string of the molecule is CC(N)C1CCN(CC(=O)Nc2ccccc2C#N)CC1. The third-order valence-electron chi connectivity index (χ3n) is 4.06. The van der Waals surface area contributed by atoms with Gasteiger partial charge in [-0.05, 0) is 50.9 Å². The van der Waals surface area contributed by atoms with Crippen LogP contribution in [0.25, 0.3) is 0 Å². The summed E-state index contributed by atoms with van der Waals surface area (Å²) in [4.78, 5) is 14.2. The van der Waals surface area contributed by atoms with Gasteiger partial charge in [-0.25, -0.2) is 0 Å². The van der Waals surface area contributed by atoms with Gasteiger partial charge >= 0.3 is 0 Å². The Morgan fingerprint density at radius 3 is 2.76 bits per heavy atom. The maximum absolute atomic E-state index is 12.1. The van der Waals surface area contributed by atoms with E-state index >= 15 is 0 Å². The van der Waals surface area contributed by atoms with Gasteiger partial charge in [0, 0.05) is 6.04 Å². The molecule has 1 fully saturated rings. The highest BCUT2D eigenvalue weighted by molar-refractivity contribution is 5.93. The minimum absolute atomic E-state index is 0.0723. The number of rotatable bonds is 4. The highest BCUT2D eigenvalue weighted by atomic mass is 16.2. The monoisotopic (exact) mass is 286 g/mol. The first-order valence-electron chi connectivity index (χ1n) is 7.37. The molecule has 1 aromatic rings. The lowest BCUT2D eigenvalue weighted by Gasteiger charge is -2.33. The molecule has 1 unspecified atom stereocenters. The molecule has 3 N–H and O–H groups in total. The number of carbonyl (C=O) groups excluding carboxylic acids is 1. The number of likely N-dealkylation sites (tertiary alicyclic amines) is 1. The number of piperidine rings is 1. The summed E-state index contributed by atoms with van der Waals surface area (Å²) in [5.41, 5.74) is 6.99. The van der Waals surface area contributed by atoms with Gasteiger partial charge in [-0.15, -0.1) is 0 Å². The molecule has 1 saturated heterocycles. The standard InChI is InChI=1S/C16H22N4O/c1-12(18)13-6-8-20(9-7-13)11-16(21)19-15-5-3-2-4-14(15)10-17/h2-5,12-13H,6-9,11,18H2,1H3,(H,19,21). The van der Waals surface area contributed by atoms with E-state index in [1.165, 1.54) is 0 Å². The predicted molar refractivity (Wildman–Crippen MR) is 82.6 cm³/mol. The zero-order valence-corrected chi connectivity index (χ0v) is 12.4. The van der Waals surface area contributed by atoms with Crippen molar-refractivity contribution < 1.29 is 4.79 Å².